The first-order chi connectivity index (χ1) is 11.2. The predicted octanol–water partition coefficient (Wildman–Crippen LogP) is 4.40. The molecule has 0 bridgehead atoms. The van der Waals surface area contributed by atoms with Gasteiger partial charge in [-0.3, -0.25) is 4.79 Å². The highest BCUT2D eigenvalue weighted by Crippen LogP contribution is 2.28. The molecule has 1 amide bonds. The van der Waals surface area contributed by atoms with E-state index in [9.17, 15) is 4.79 Å². The SMILES string of the molecule is Cl.Cl.NCC1CCCN1C(=O)c1cccc(Sc2cccc(Br)c2)n1. The topological polar surface area (TPSA) is 59.2 Å². The second-order valence-electron chi connectivity index (χ2n) is 5.45. The van der Waals surface area contributed by atoms with Crippen molar-refractivity contribution < 1.29 is 4.79 Å². The molecule has 2 N–H and O–H groups in total. The second-order valence-corrected chi connectivity index (χ2v) is 7.46. The number of pyridine rings is 1. The largest absolute Gasteiger partial charge is 0.333 e. The molecular formula is C17H20BrCl2N3OS. The molecule has 1 aromatic carbocycles. The monoisotopic (exact) mass is 463 g/mol. The maximum absolute atomic E-state index is 12.7. The fourth-order valence-corrected chi connectivity index (χ4v) is 4.15. The summed E-state index contributed by atoms with van der Waals surface area (Å²) in [6, 6.07) is 13.8. The molecule has 1 fully saturated rings. The quantitative estimate of drug-likeness (QED) is 0.728. The number of nitrogens with zero attached hydrogens (tertiary/aromatic N) is 2. The van der Waals surface area contributed by atoms with Crippen molar-refractivity contribution in [2.45, 2.75) is 28.8 Å². The van der Waals surface area contributed by atoms with Crippen LogP contribution in [0.15, 0.2) is 56.9 Å². The lowest BCUT2D eigenvalue weighted by Crippen LogP contribution is -2.40. The summed E-state index contributed by atoms with van der Waals surface area (Å²) < 4.78 is 1.03. The van der Waals surface area contributed by atoms with Gasteiger partial charge in [0.25, 0.3) is 5.91 Å². The van der Waals surface area contributed by atoms with Crippen LogP contribution in [0, 0.1) is 0 Å². The summed E-state index contributed by atoms with van der Waals surface area (Å²) in [6.45, 7) is 1.28. The van der Waals surface area contributed by atoms with Crippen molar-refractivity contribution in [3.05, 3.63) is 52.6 Å². The Balaban J connectivity index is 0.00000156. The van der Waals surface area contributed by atoms with Crippen molar-refractivity contribution in [2.24, 2.45) is 5.73 Å². The average Bonchev–Trinajstić information content (AvgIpc) is 3.03. The summed E-state index contributed by atoms with van der Waals surface area (Å²) in [5.74, 6) is -0.0188. The van der Waals surface area contributed by atoms with Crippen LogP contribution in [-0.4, -0.2) is 34.9 Å². The van der Waals surface area contributed by atoms with Crippen LogP contribution in [0.5, 0.6) is 0 Å². The molecule has 4 nitrogen and oxygen atoms in total. The Morgan fingerprint density at radius 3 is 2.76 bits per heavy atom. The third kappa shape index (κ3) is 5.59. The molecule has 1 saturated heterocycles. The number of carbonyl (C=O) groups is 1. The van der Waals surface area contributed by atoms with Gasteiger partial charge in [0.05, 0.1) is 0 Å². The van der Waals surface area contributed by atoms with Crippen LogP contribution in [0.3, 0.4) is 0 Å². The van der Waals surface area contributed by atoms with Gasteiger partial charge in [0.15, 0.2) is 0 Å². The van der Waals surface area contributed by atoms with E-state index >= 15 is 0 Å². The van der Waals surface area contributed by atoms with E-state index in [1.807, 2.05) is 41.3 Å². The van der Waals surface area contributed by atoms with Crippen LogP contribution in [0.1, 0.15) is 23.3 Å². The van der Waals surface area contributed by atoms with Gasteiger partial charge in [-0.05, 0) is 43.2 Å². The third-order valence-corrected chi connectivity index (χ3v) is 5.29. The van der Waals surface area contributed by atoms with Crippen LogP contribution in [0.25, 0.3) is 0 Å². The van der Waals surface area contributed by atoms with Crippen molar-refractivity contribution in [3.8, 4) is 0 Å². The molecule has 2 aromatic rings. The fourth-order valence-electron chi connectivity index (χ4n) is 2.74. The first-order valence-electron chi connectivity index (χ1n) is 7.59. The molecule has 0 radical (unpaired) electrons. The van der Waals surface area contributed by atoms with Crippen LogP contribution < -0.4 is 5.73 Å². The van der Waals surface area contributed by atoms with Crippen molar-refractivity contribution in [2.75, 3.05) is 13.1 Å². The maximum Gasteiger partial charge on any atom is 0.272 e. The van der Waals surface area contributed by atoms with E-state index in [-0.39, 0.29) is 36.8 Å². The van der Waals surface area contributed by atoms with Crippen molar-refractivity contribution in [1.29, 1.82) is 0 Å². The first-order valence-corrected chi connectivity index (χ1v) is 9.20. The molecule has 3 rings (SSSR count). The number of hydrogen-bond acceptors (Lipinski definition) is 4. The molecule has 136 valence electrons. The van der Waals surface area contributed by atoms with Gasteiger partial charge >= 0.3 is 0 Å². The van der Waals surface area contributed by atoms with Crippen molar-refractivity contribution >= 4 is 58.4 Å². The number of hydrogen-bond donors (Lipinski definition) is 1. The number of aromatic nitrogens is 1. The molecule has 2 heterocycles. The van der Waals surface area contributed by atoms with Crippen LogP contribution in [-0.2, 0) is 0 Å². The number of halogens is 3. The van der Waals surface area contributed by atoms with E-state index in [1.165, 1.54) is 0 Å². The first kappa shape index (κ1) is 22.3. The highest BCUT2D eigenvalue weighted by molar-refractivity contribution is 9.10. The van der Waals surface area contributed by atoms with E-state index in [2.05, 4.69) is 20.9 Å². The molecule has 0 aliphatic carbocycles. The third-order valence-electron chi connectivity index (χ3n) is 3.87. The second kappa shape index (κ2) is 10.4. The summed E-state index contributed by atoms with van der Waals surface area (Å²) in [7, 11) is 0. The van der Waals surface area contributed by atoms with Crippen LogP contribution >= 0.6 is 52.5 Å². The van der Waals surface area contributed by atoms with E-state index in [0.717, 1.165) is 33.8 Å². The Morgan fingerprint density at radius 2 is 2.04 bits per heavy atom. The summed E-state index contributed by atoms with van der Waals surface area (Å²) in [6.07, 6.45) is 1.99. The van der Waals surface area contributed by atoms with E-state index < -0.39 is 0 Å². The molecule has 1 unspecified atom stereocenters. The summed E-state index contributed by atoms with van der Waals surface area (Å²) in [5.41, 5.74) is 6.25. The smallest absolute Gasteiger partial charge is 0.272 e. The zero-order chi connectivity index (χ0) is 16.2. The van der Waals surface area contributed by atoms with E-state index in [0.29, 0.717) is 12.2 Å². The van der Waals surface area contributed by atoms with Gasteiger partial charge in [-0.2, -0.15) is 0 Å². The average molecular weight is 465 g/mol. The van der Waals surface area contributed by atoms with Gasteiger partial charge in [0, 0.05) is 28.5 Å². The molecule has 25 heavy (non-hydrogen) atoms. The molecule has 8 heteroatoms. The summed E-state index contributed by atoms with van der Waals surface area (Å²) in [4.78, 5) is 20.1. The van der Waals surface area contributed by atoms with Crippen molar-refractivity contribution in [3.63, 3.8) is 0 Å². The van der Waals surface area contributed by atoms with Gasteiger partial charge in [-0.25, -0.2) is 4.98 Å². The number of likely N-dealkylation sites (tertiary alicyclic amines) is 1. The lowest BCUT2D eigenvalue weighted by molar-refractivity contribution is 0.0734. The predicted molar refractivity (Wildman–Crippen MR) is 110 cm³/mol. The zero-order valence-electron chi connectivity index (χ0n) is 13.4. The molecule has 1 aliphatic heterocycles. The van der Waals surface area contributed by atoms with Gasteiger partial charge in [0.1, 0.15) is 10.7 Å². The fraction of sp³-hybridized carbons (Fsp3) is 0.294. The van der Waals surface area contributed by atoms with Crippen LogP contribution in [0.4, 0.5) is 0 Å². The van der Waals surface area contributed by atoms with Crippen molar-refractivity contribution in [1.82, 2.24) is 9.88 Å². The zero-order valence-corrected chi connectivity index (χ0v) is 17.5. The maximum atomic E-state index is 12.7. The Bertz CT molecular complexity index is 720. The van der Waals surface area contributed by atoms with Gasteiger partial charge < -0.3 is 10.6 Å². The Hall–Kier alpha value is -0.790. The lowest BCUT2D eigenvalue weighted by atomic mass is 10.2. The molecule has 0 spiro atoms. The number of nitrogens with two attached hydrogens (primary N) is 1. The minimum absolute atomic E-state index is 0. The van der Waals surface area contributed by atoms with E-state index in [1.54, 1.807) is 17.8 Å². The molecular weight excluding hydrogens is 445 g/mol. The highest BCUT2D eigenvalue weighted by atomic mass is 79.9. The van der Waals surface area contributed by atoms with Gasteiger partial charge in [-0.15, -0.1) is 24.8 Å². The number of benzene rings is 1. The Labute approximate surface area is 172 Å². The molecule has 1 aromatic heterocycles. The summed E-state index contributed by atoms with van der Waals surface area (Å²) in [5, 5.41) is 0.817. The molecule has 1 aliphatic rings. The molecule has 1 atom stereocenters. The Morgan fingerprint density at radius 1 is 1.28 bits per heavy atom. The minimum atomic E-state index is -0.0188. The standard InChI is InChI=1S/C17H18BrN3OS.2ClH/c18-12-4-1-6-14(10-12)23-16-8-2-7-15(20-16)17(22)21-9-3-5-13(21)11-19;;/h1-2,4,6-8,10,13H,3,5,9,11,19H2;2*1H. The number of carbonyl (C=O) groups excluding carboxylic acids is 1. The summed E-state index contributed by atoms with van der Waals surface area (Å²) >= 11 is 5.01. The van der Waals surface area contributed by atoms with Gasteiger partial charge in [0.2, 0.25) is 0 Å². The number of amides is 1. The Kier molecular flexibility index (Phi) is 9.24. The minimum Gasteiger partial charge on any atom is -0.333 e. The normalized spacial score (nSPS) is 16.1. The number of rotatable bonds is 4. The lowest BCUT2D eigenvalue weighted by Gasteiger charge is -2.23. The highest BCUT2D eigenvalue weighted by Gasteiger charge is 2.29. The van der Waals surface area contributed by atoms with Crippen LogP contribution in [0.2, 0.25) is 0 Å². The molecule has 0 saturated carbocycles. The van der Waals surface area contributed by atoms with Gasteiger partial charge in [-0.1, -0.05) is 39.8 Å². The van der Waals surface area contributed by atoms with E-state index in [4.69, 9.17) is 5.73 Å².